The summed E-state index contributed by atoms with van der Waals surface area (Å²) in [6.07, 6.45) is -0.853. The lowest BCUT2D eigenvalue weighted by Gasteiger charge is -2.38. The van der Waals surface area contributed by atoms with Crippen LogP contribution in [0.5, 0.6) is 0 Å². The molecule has 18 heavy (non-hydrogen) atoms. The molecule has 100 valence electrons. The second-order valence-corrected chi connectivity index (χ2v) is 3.73. The fraction of sp³-hybridized carbons (Fsp3) is 0.556. The van der Waals surface area contributed by atoms with E-state index in [4.69, 9.17) is 5.11 Å². The lowest BCUT2D eigenvalue weighted by molar-refractivity contribution is -0.315. The van der Waals surface area contributed by atoms with E-state index in [0.717, 1.165) is 0 Å². The normalized spacial score (nSPS) is 21.4. The van der Waals surface area contributed by atoms with E-state index in [1.165, 1.54) is 0 Å². The Morgan fingerprint density at radius 3 is 2.50 bits per heavy atom. The number of amides is 1. The fourth-order valence-electron chi connectivity index (χ4n) is 1.62. The predicted molar refractivity (Wildman–Crippen MR) is 49.6 cm³/mol. The number of carboxylic acids is 3. The summed E-state index contributed by atoms with van der Waals surface area (Å²) < 4.78 is 0. The molecule has 1 aliphatic rings. The summed E-state index contributed by atoms with van der Waals surface area (Å²) in [5.41, 5.74) is 0. The number of carboxylic acid groups (broad SMARTS) is 3. The summed E-state index contributed by atoms with van der Waals surface area (Å²) in [4.78, 5) is 44.1. The molecule has 0 saturated carbocycles. The van der Waals surface area contributed by atoms with Gasteiger partial charge < -0.3 is 29.8 Å². The molecule has 0 aromatic rings. The second kappa shape index (κ2) is 5.45. The van der Waals surface area contributed by atoms with Crippen molar-refractivity contribution in [2.24, 2.45) is 0 Å². The van der Waals surface area contributed by atoms with Gasteiger partial charge in [-0.1, -0.05) is 0 Å². The number of piperazine rings is 1. The number of aliphatic carboxylic acids is 3. The van der Waals surface area contributed by atoms with Crippen LogP contribution in [-0.4, -0.2) is 59.0 Å². The van der Waals surface area contributed by atoms with Gasteiger partial charge >= 0.3 is 5.97 Å². The van der Waals surface area contributed by atoms with Gasteiger partial charge in [0.2, 0.25) is 5.91 Å². The highest BCUT2D eigenvalue weighted by Gasteiger charge is 2.32. The van der Waals surface area contributed by atoms with Gasteiger partial charge in [0.1, 0.15) is 0 Å². The Hall–Kier alpha value is -2.16. The highest BCUT2D eigenvalue weighted by molar-refractivity contribution is 5.88. The molecule has 2 unspecified atom stereocenters. The minimum absolute atomic E-state index is 0.401. The van der Waals surface area contributed by atoms with Gasteiger partial charge in [0.15, 0.2) is 0 Å². The van der Waals surface area contributed by atoms with Crippen LogP contribution in [0.25, 0.3) is 0 Å². The zero-order valence-electron chi connectivity index (χ0n) is 9.12. The Kier molecular flexibility index (Phi) is 4.21. The molecule has 0 bridgehead atoms. The van der Waals surface area contributed by atoms with Gasteiger partial charge in [-0.15, -0.1) is 0 Å². The van der Waals surface area contributed by atoms with Gasteiger partial charge in [0.25, 0.3) is 0 Å². The summed E-state index contributed by atoms with van der Waals surface area (Å²) in [5.74, 6) is -5.38. The predicted octanol–water partition coefficient (Wildman–Crippen LogP) is -4.87. The molecule has 0 spiro atoms. The van der Waals surface area contributed by atoms with E-state index in [-0.39, 0.29) is 0 Å². The third kappa shape index (κ3) is 3.17. The Balaban J connectivity index is 2.87. The lowest BCUT2D eigenvalue weighted by Crippen LogP contribution is -2.64. The van der Waals surface area contributed by atoms with Crippen molar-refractivity contribution in [2.75, 3.05) is 13.1 Å². The van der Waals surface area contributed by atoms with Crippen LogP contribution in [0, 0.1) is 0 Å². The van der Waals surface area contributed by atoms with Crippen LogP contribution in [0.4, 0.5) is 0 Å². The molecule has 9 heteroatoms. The van der Waals surface area contributed by atoms with Gasteiger partial charge in [-0.25, -0.2) is 0 Å². The third-order valence-corrected chi connectivity index (χ3v) is 2.50. The molecular weight excluding hydrogens is 248 g/mol. The van der Waals surface area contributed by atoms with E-state index in [1.54, 1.807) is 0 Å². The van der Waals surface area contributed by atoms with E-state index < -0.39 is 55.4 Å². The molecule has 1 rings (SSSR count). The standard InChI is InChI=1S/C9H12N2O7/c12-6-2-10-4(8(15)16)3-11(6)5(9(17)18)1-7(13)14/h4-5,10H,1-3H2,(H,13,14)(H,15,16)(H,17,18)/p-2. The monoisotopic (exact) mass is 258 g/mol. The molecule has 0 aromatic heterocycles. The quantitative estimate of drug-likeness (QED) is 0.498. The fourth-order valence-corrected chi connectivity index (χ4v) is 1.62. The van der Waals surface area contributed by atoms with E-state index in [0.29, 0.717) is 4.90 Å². The maximum absolute atomic E-state index is 11.5. The Morgan fingerprint density at radius 2 is 2.06 bits per heavy atom. The summed E-state index contributed by atoms with van der Waals surface area (Å²) in [5, 5.41) is 32.3. The van der Waals surface area contributed by atoms with Gasteiger partial charge in [0, 0.05) is 6.54 Å². The first-order chi connectivity index (χ1) is 8.32. The molecule has 2 atom stereocenters. The van der Waals surface area contributed by atoms with Crippen molar-refractivity contribution >= 4 is 23.8 Å². The minimum Gasteiger partial charge on any atom is -0.548 e. The smallest absolute Gasteiger partial charge is 0.305 e. The first-order valence-corrected chi connectivity index (χ1v) is 4.99. The molecule has 1 aliphatic heterocycles. The maximum Gasteiger partial charge on any atom is 0.305 e. The lowest BCUT2D eigenvalue weighted by atomic mass is 10.1. The molecule has 1 saturated heterocycles. The van der Waals surface area contributed by atoms with Crippen LogP contribution in [0.2, 0.25) is 0 Å². The Morgan fingerprint density at radius 1 is 1.44 bits per heavy atom. The molecule has 0 radical (unpaired) electrons. The Labute approximate surface area is 101 Å². The van der Waals surface area contributed by atoms with Crippen LogP contribution >= 0.6 is 0 Å². The largest absolute Gasteiger partial charge is 0.548 e. The van der Waals surface area contributed by atoms with E-state index in [2.05, 4.69) is 5.32 Å². The number of rotatable bonds is 5. The minimum atomic E-state index is -1.75. The summed E-state index contributed by atoms with van der Waals surface area (Å²) in [6, 6.07) is -2.93. The molecule has 9 nitrogen and oxygen atoms in total. The third-order valence-electron chi connectivity index (χ3n) is 2.50. The number of nitrogens with zero attached hydrogens (tertiary/aromatic N) is 1. The van der Waals surface area contributed by atoms with Crippen molar-refractivity contribution in [2.45, 2.75) is 18.5 Å². The highest BCUT2D eigenvalue weighted by atomic mass is 16.4. The molecule has 0 aromatic carbocycles. The number of carbonyl (C=O) groups excluding carboxylic acids is 3. The van der Waals surface area contributed by atoms with Gasteiger partial charge in [-0.05, 0) is 0 Å². The van der Waals surface area contributed by atoms with Crippen molar-refractivity contribution < 1.29 is 34.5 Å². The number of carbonyl (C=O) groups is 4. The average molecular weight is 258 g/mol. The SMILES string of the molecule is O=C(O)CC(C(=O)[O-])N1CC(C(=O)[O-])NCC1=O. The van der Waals surface area contributed by atoms with Crippen LogP contribution in [0.1, 0.15) is 6.42 Å². The summed E-state index contributed by atoms with van der Waals surface area (Å²) >= 11 is 0. The highest BCUT2D eigenvalue weighted by Crippen LogP contribution is 2.09. The van der Waals surface area contributed by atoms with Crippen molar-refractivity contribution in [1.82, 2.24) is 10.2 Å². The van der Waals surface area contributed by atoms with Crippen LogP contribution in [0.15, 0.2) is 0 Å². The van der Waals surface area contributed by atoms with E-state index in [9.17, 15) is 29.4 Å². The molecule has 1 fully saturated rings. The topological polar surface area (TPSA) is 150 Å². The Bertz CT molecular complexity index is 394. The molecule has 0 aliphatic carbocycles. The van der Waals surface area contributed by atoms with Crippen LogP contribution in [0.3, 0.4) is 0 Å². The average Bonchev–Trinajstić information content (AvgIpc) is 2.26. The summed E-state index contributed by atoms with van der Waals surface area (Å²) in [7, 11) is 0. The van der Waals surface area contributed by atoms with Crippen molar-refractivity contribution in [3.63, 3.8) is 0 Å². The van der Waals surface area contributed by atoms with Gasteiger partial charge in [-0.2, -0.15) is 0 Å². The van der Waals surface area contributed by atoms with Crippen molar-refractivity contribution in [3.05, 3.63) is 0 Å². The van der Waals surface area contributed by atoms with E-state index in [1.807, 2.05) is 0 Å². The van der Waals surface area contributed by atoms with Crippen LogP contribution < -0.4 is 15.5 Å². The molecule has 1 amide bonds. The first kappa shape index (κ1) is 13.9. The maximum atomic E-state index is 11.5. The van der Waals surface area contributed by atoms with Crippen molar-refractivity contribution in [1.29, 1.82) is 0 Å². The van der Waals surface area contributed by atoms with Crippen molar-refractivity contribution in [3.8, 4) is 0 Å². The second-order valence-electron chi connectivity index (χ2n) is 3.73. The summed E-state index contributed by atoms with van der Waals surface area (Å²) in [6.45, 7) is -0.880. The molecular formula is C9H10N2O7-2. The van der Waals surface area contributed by atoms with Gasteiger partial charge in [0.05, 0.1) is 37.0 Å². The van der Waals surface area contributed by atoms with E-state index >= 15 is 0 Å². The number of nitrogens with one attached hydrogen (secondary N) is 1. The molecule has 1 heterocycles. The van der Waals surface area contributed by atoms with Crippen LogP contribution in [-0.2, 0) is 19.2 Å². The number of hydrogen-bond acceptors (Lipinski definition) is 7. The van der Waals surface area contributed by atoms with Gasteiger partial charge in [-0.3, -0.25) is 14.9 Å². The zero-order chi connectivity index (χ0) is 13.9. The molecule has 2 N–H and O–H groups in total. The number of hydrogen-bond donors (Lipinski definition) is 2. The first-order valence-electron chi connectivity index (χ1n) is 4.99. The zero-order valence-corrected chi connectivity index (χ0v) is 9.12.